The third kappa shape index (κ3) is 1.84. The molecule has 1 aliphatic rings. The van der Waals surface area contributed by atoms with Gasteiger partial charge in [0.1, 0.15) is 0 Å². The van der Waals surface area contributed by atoms with Gasteiger partial charge in [-0.25, -0.2) is 0 Å². The van der Waals surface area contributed by atoms with Crippen molar-refractivity contribution in [2.24, 2.45) is 5.92 Å². The van der Waals surface area contributed by atoms with Gasteiger partial charge in [-0.2, -0.15) is 0 Å². The summed E-state index contributed by atoms with van der Waals surface area (Å²) in [5.74, 6) is 0.900. The Hall–Kier alpha value is -0.300. The van der Waals surface area contributed by atoms with Gasteiger partial charge in [0.15, 0.2) is 0 Å². The van der Waals surface area contributed by atoms with Crippen LogP contribution < -0.4 is 0 Å². The number of hydrogen-bond donors (Lipinski definition) is 0. The van der Waals surface area contributed by atoms with E-state index in [1.165, 1.54) is 18.4 Å². The van der Waals surface area contributed by atoms with E-state index in [1.54, 1.807) is 0 Å². The Morgan fingerprint density at radius 1 is 1.27 bits per heavy atom. The molecule has 11 heavy (non-hydrogen) atoms. The molecule has 0 aliphatic heterocycles. The van der Waals surface area contributed by atoms with Gasteiger partial charge in [0.2, 0.25) is 0 Å². The zero-order chi connectivity index (χ0) is 7.68. The SMILES string of the molecule is Br[C@H]1C[C@@H]1Cc1ccccc1. The molecule has 0 bridgehead atoms. The van der Waals surface area contributed by atoms with E-state index in [0.717, 1.165) is 10.7 Å². The number of benzene rings is 1. The van der Waals surface area contributed by atoms with Crippen LogP contribution in [0.25, 0.3) is 0 Å². The Morgan fingerprint density at radius 2 is 1.91 bits per heavy atom. The molecule has 0 spiro atoms. The molecule has 0 radical (unpaired) electrons. The standard InChI is InChI=1S/C10H11Br/c11-10-7-9(10)6-8-4-2-1-3-5-8/h1-5,9-10H,6-7H2/t9-,10-/m0/s1. The van der Waals surface area contributed by atoms with E-state index in [9.17, 15) is 0 Å². The lowest BCUT2D eigenvalue weighted by Gasteiger charge is -1.96. The van der Waals surface area contributed by atoms with Crippen LogP contribution in [0.2, 0.25) is 0 Å². The van der Waals surface area contributed by atoms with Gasteiger partial charge in [-0.05, 0) is 24.3 Å². The summed E-state index contributed by atoms with van der Waals surface area (Å²) in [5.41, 5.74) is 1.47. The summed E-state index contributed by atoms with van der Waals surface area (Å²) in [5, 5.41) is 0. The Morgan fingerprint density at radius 3 is 2.45 bits per heavy atom. The average molecular weight is 211 g/mol. The first-order valence-corrected chi connectivity index (χ1v) is 4.96. The summed E-state index contributed by atoms with van der Waals surface area (Å²) in [6, 6.07) is 10.7. The lowest BCUT2D eigenvalue weighted by molar-refractivity contribution is 0.838. The van der Waals surface area contributed by atoms with Crippen molar-refractivity contribution in [2.75, 3.05) is 0 Å². The van der Waals surface area contributed by atoms with Gasteiger partial charge in [0.25, 0.3) is 0 Å². The van der Waals surface area contributed by atoms with Crippen molar-refractivity contribution in [1.82, 2.24) is 0 Å². The Bertz CT molecular complexity index is 230. The molecular formula is C10H11Br. The molecule has 58 valence electrons. The Labute approximate surface area is 75.8 Å². The first kappa shape index (κ1) is 7.35. The summed E-state index contributed by atoms with van der Waals surface area (Å²) in [4.78, 5) is 0.794. The van der Waals surface area contributed by atoms with Crippen LogP contribution in [0.3, 0.4) is 0 Å². The van der Waals surface area contributed by atoms with E-state index in [4.69, 9.17) is 0 Å². The largest absolute Gasteiger partial charge is 0.0887 e. The molecule has 0 saturated heterocycles. The van der Waals surface area contributed by atoms with Crippen molar-refractivity contribution in [3.05, 3.63) is 35.9 Å². The zero-order valence-corrected chi connectivity index (χ0v) is 7.92. The van der Waals surface area contributed by atoms with Gasteiger partial charge in [0.05, 0.1) is 0 Å². The molecule has 1 aliphatic carbocycles. The molecule has 2 atom stereocenters. The molecule has 0 heterocycles. The molecule has 1 aromatic carbocycles. The second-order valence-corrected chi connectivity index (χ2v) is 4.38. The number of hydrogen-bond acceptors (Lipinski definition) is 0. The van der Waals surface area contributed by atoms with E-state index in [2.05, 4.69) is 46.3 Å². The van der Waals surface area contributed by atoms with Gasteiger partial charge < -0.3 is 0 Å². The van der Waals surface area contributed by atoms with Crippen molar-refractivity contribution >= 4 is 15.9 Å². The predicted octanol–water partition coefficient (Wildman–Crippen LogP) is 3.01. The first-order valence-electron chi connectivity index (χ1n) is 4.04. The van der Waals surface area contributed by atoms with E-state index in [1.807, 2.05) is 0 Å². The van der Waals surface area contributed by atoms with Crippen LogP contribution in [0, 0.1) is 5.92 Å². The summed E-state index contributed by atoms with van der Waals surface area (Å²) in [7, 11) is 0. The van der Waals surface area contributed by atoms with Crippen molar-refractivity contribution < 1.29 is 0 Å². The maximum absolute atomic E-state index is 3.61. The lowest BCUT2D eigenvalue weighted by Crippen LogP contribution is -1.87. The highest BCUT2D eigenvalue weighted by atomic mass is 79.9. The second kappa shape index (κ2) is 2.98. The van der Waals surface area contributed by atoms with Crippen molar-refractivity contribution in [3.8, 4) is 0 Å². The molecule has 0 unspecified atom stereocenters. The summed E-state index contributed by atoms with van der Waals surface area (Å²) >= 11 is 3.61. The average Bonchev–Trinajstić information content (AvgIpc) is 2.69. The van der Waals surface area contributed by atoms with E-state index in [0.29, 0.717) is 0 Å². The lowest BCUT2D eigenvalue weighted by atomic mass is 10.1. The van der Waals surface area contributed by atoms with Crippen molar-refractivity contribution in [2.45, 2.75) is 17.7 Å². The van der Waals surface area contributed by atoms with Gasteiger partial charge in [-0.1, -0.05) is 46.3 Å². The van der Waals surface area contributed by atoms with Gasteiger partial charge >= 0.3 is 0 Å². The normalized spacial score (nSPS) is 28.5. The van der Waals surface area contributed by atoms with Crippen molar-refractivity contribution in [1.29, 1.82) is 0 Å². The van der Waals surface area contributed by atoms with Crippen LogP contribution in [0.4, 0.5) is 0 Å². The zero-order valence-electron chi connectivity index (χ0n) is 6.33. The third-order valence-electron chi connectivity index (χ3n) is 2.18. The molecule has 0 nitrogen and oxygen atoms in total. The fourth-order valence-corrected chi connectivity index (χ4v) is 2.01. The number of alkyl halides is 1. The second-order valence-electron chi connectivity index (χ2n) is 3.20. The van der Waals surface area contributed by atoms with Crippen LogP contribution in [0.15, 0.2) is 30.3 Å². The predicted molar refractivity (Wildman–Crippen MR) is 51.0 cm³/mol. The molecule has 1 saturated carbocycles. The molecule has 0 aromatic heterocycles. The molecule has 0 N–H and O–H groups in total. The topological polar surface area (TPSA) is 0 Å². The summed E-state index contributed by atoms with van der Waals surface area (Å²) < 4.78 is 0. The smallest absolute Gasteiger partial charge is 0.0180 e. The minimum atomic E-state index is 0.794. The molecule has 2 rings (SSSR count). The van der Waals surface area contributed by atoms with E-state index in [-0.39, 0.29) is 0 Å². The third-order valence-corrected chi connectivity index (χ3v) is 3.30. The Balaban J connectivity index is 1.97. The highest BCUT2D eigenvalue weighted by molar-refractivity contribution is 9.09. The fourth-order valence-electron chi connectivity index (χ4n) is 1.34. The van der Waals surface area contributed by atoms with E-state index < -0.39 is 0 Å². The summed E-state index contributed by atoms with van der Waals surface area (Å²) in [6.07, 6.45) is 2.60. The molecular weight excluding hydrogens is 200 g/mol. The number of rotatable bonds is 2. The molecule has 1 aromatic rings. The molecule has 1 fully saturated rings. The van der Waals surface area contributed by atoms with E-state index >= 15 is 0 Å². The fraction of sp³-hybridized carbons (Fsp3) is 0.400. The van der Waals surface area contributed by atoms with Crippen LogP contribution in [-0.2, 0) is 6.42 Å². The number of halogens is 1. The highest BCUT2D eigenvalue weighted by Crippen LogP contribution is 2.40. The molecule has 0 amide bonds. The van der Waals surface area contributed by atoms with Crippen LogP contribution in [0.1, 0.15) is 12.0 Å². The monoisotopic (exact) mass is 210 g/mol. The minimum Gasteiger partial charge on any atom is -0.0887 e. The first-order chi connectivity index (χ1) is 5.36. The van der Waals surface area contributed by atoms with Gasteiger partial charge in [-0.15, -0.1) is 0 Å². The maximum atomic E-state index is 3.61. The van der Waals surface area contributed by atoms with Crippen LogP contribution >= 0.6 is 15.9 Å². The Kier molecular flexibility index (Phi) is 1.99. The van der Waals surface area contributed by atoms with Crippen LogP contribution in [-0.4, -0.2) is 4.83 Å². The van der Waals surface area contributed by atoms with Crippen molar-refractivity contribution in [3.63, 3.8) is 0 Å². The summed E-state index contributed by atoms with van der Waals surface area (Å²) in [6.45, 7) is 0. The highest BCUT2D eigenvalue weighted by Gasteiger charge is 2.33. The van der Waals surface area contributed by atoms with Gasteiger partial charge in [0, 0.05) is 4.83 Å². The minimum absolute atomic E-state index is 0.794. The van der Waals surface area contributed by atoms with Gasteiger partial charge in [-0.3, -0.25) is 0 Å². The quantitative estimate of drug-likeness (QED) is 0.659. The molecule has 1 heteroatoms. The maximum Gasteiger partial charge on any atom is 0.0180 e. The van der Waals surface area contributed by atoms with Crippen LogP contribution in [0.5, 0.6) is 0 Å².